The molecule has 0 aliphatic heterocycles. The lowest BCUT2D eigenvalue weighted by molar-refractivity contribution is 0.0695. The van der Waals surface area contributed by atoms with Crippen LogP contribution in [0.1, 0.15) is 15.9 Å². The maximum atomic E-state index is 12.4. The van der Waals surface area contributed by atoms with Gasteiger partial charge in [0.25, 0.3) is 0 Å². The number of carboxylic acid groups (broad SMARTS) is 1. The number of pyridine rings is 1. The summed E-state index contributed by atoms with van der Waals surface area (Å²) in [7, 11) is 0. The zero-order valence-corrected chi connectivity index (χ0v) is 15.0. The Morgan fingerprint density at radius 3 is 2.52 bits per heavy atom. The van der Waals surface area contributed by atoms with E-state index in [1.165, 1.54) is 6.20 Å². The van der Waals surface area contributed by atoms with Crippen LogP contribution in [0.15, 0.2) is 62.4 Å². The van der Waals surface area contributed by atoms with Crippen molar-refractivity contribution in [3.05, 3.63) is 79.0 Å². The molecule has 0 unspecified atom stereocenters. The normalized spacial score (nSPS) is 10.9. The molecule has 2 aromatic carbocycles. The molecule has 0 saturated heterocycles. The first-order chi connectivity index (χ1) is 11.0. The number of aromatic nitrogens is 1. The summed E-state index contributed by atoms with van der Waals surface area (Å²) >= 11 is 6.75. The zero-order chi connectivity index (χ0) is 16.6. The van der Waals surface area contributed by atoms with Gasteiger partial charge >= 0.3 is 5.97 Å². The van der Waals surface area contributed by atoms with Gasteiger partial charge in [-0.15, -0.1) is 0 Å². The standard InChI is InChI=1S/C17H11Br2NO3/c18-11-3-1-2-10(6-11)8-20-9-14(17(22)23)16(21)13-7-12(19)4-5-15(13)20/h1-7,9H,8H2,(H,22,23). The molecule has 0 spiro atoms. The molecule has 6 heteroatoms. The minimum atomic E-state index is -1.22. The maximum absolute atomic E-state index is 12.4. The number of hydrogen-bond donors (Lipinski definition) is 1. The van der Waals surface area contributed by atoms with Crippen LogP contribution in [0.25, 0.3) is 10.9 Å². The molecule has 3 rings (SSSR count). The molecule has 0 amide bonds. The molecule has 0 aliphatic carbocycles. The minimum absolute atomic E-state index is 0.231. The average molecular weight is 437 g/mol. The van der Waals surface area contributed by atoms with Gasteiger partial charge in [0.1, 0.15) is 5.56 Å². The summed E-state index contributed by atoms with van der Waals surface area (Å²) in [4.78, 5) is 23.7. The Labute approximate surface area is 148 Å². The van der Waals surface area contributed by atoms with Gasteiger partial charge in [0.15, 0.2) is 0 Å². The third kappa shape index (κ3) is 3.23. The lowest BCUT2D eigenvalue weighted by atomic mass is 10.1. The summed E-state index contributed by atoms with van der Waals surface area (Å²) in [5.74, 6) is -1.22. The molecule has 0 fully saturated rings. The molecule has 116 valence electrons. The van der Waals surface area contributed by atoms with Crippen molar-refractivity contribution in [2.75, 3.05) is 0 Å². The fraction of sp³-hybridized carbons (Fsp3) is 0.0588. The number of fused-ring (bicyclic) bond motifs is 1. The summed E-state index contributed by atoms with van der Waals surface area (Å²) < 4.78 is 3.47. The average Bonchev–Trinajstić information content (AvgIpc) is 2.50. The Hall–Kier alpha value is -1.92. The Morgan fingerprint density at radius 1 is 1.09 bits per heavy atom. The third-order valence-electron chi connectivity index (χ3n) is 3.51. The Bertz CT molecular complexity index is 979. The van der Waals surface area contributed by atoms with E-state index in [1.807, 2.05) is 36.4 Å². The molecular weight excluding hydrogens is 426 g/mol. The number of benzene rings is 2. The Balaban J connectivity index is 2.25. The van der Waals surface area contributed by atoms with Gasteiger partial charge < -0.3 is 9.67 Å². The number of carbonyl (C=O) groups is 1. The van der Waals surface area contributed by atoms with Crippen molar-refractivity contribution < 1.29 is 9.90 Å². The van der Waals surface area contributed by atoms with Crippen molar-refractivity contribution in [1.29, 1.82) is 0 Å². The van der Waals surface area contributed by atoms with Crippen molar-refractivity contribution in [1.82, 2.24) is 4.57 Å². The van der Waals surface area contributed by atoms with Crippen LogP contribution in [0.4, 0.5) is 0 Å². The molecule has 1 heterocycles. The van der Waals surface area contributed by atoms with E-state index in [0.717, 1.165) is 14.5 Å². The van der Waals surface area contributed by atoms with Crippen molar-refractivity contribution in [3.8, 4) is 0 Å². The predicted octanol–water partition coefficient (Wildman–Crippen LogP) is 4.27. The largest absolute Gasteiger partial charge is 0.477 e. The van der Waals surface area contributed by atoms with Crippen LogP contribution >= 0.6 is 31.9 Å². The van der Waals surface area contributed by atoms with Crippen LogP contribution in [-0.4, -0.2) is 15.6 Å². The van der Waals surface area contributed by atoms with Crippen LogP contribution in [0, 0.1) is 0 Å². The summed E-state index contributed by atoms with van der Waals surface area (Å²) in [6.45, 7) is 0.470. The second kappa shape index (κ2) is 6.29. The van der Waals surface area contributed by atoms with Gasteiger partial charge in [-0.1, -0.05) is 44.0 Å². The summed E-state index contributed by atoms with van der Waals surface area (Å²) in [6.07, 6.45) is 1.40. The fourth-order valence-electron chi connectivity index (χ4n) is 2.48. The van der Waals surface area contributed by atoms with E-state index >= 15 is 0 Å². The van der Waals surface area contributed by atoms with Gasteiger partial charge in [0.2, 0.25) is 5.43 Å². The van der Waals surface area contributed by atoms with Gasteiger partial charge in [0.05, 0.1) is 5.52 Å². The number of nitrogens with zero attached hydrogens (tertiary/aromatic N) is 1. The van der Waals surface area contributed by atoms with E-state index in [4.69, 9.17) is 0 Å². The van der Waals surface area contributed by atoms with Crippen molar-refractivity contribution in [2.24, 2.45) is 0 Å². The summed E-state index contributed by atoms with van der Waals surface area (Å²) in [6, 6.07) is 13.1. The highest BCUT2D eigenvalue weighted by molar-refractivity contribution is 9.10. The lowest BCUT2D eigenvalue weighted by Crippen LogP contribution is -2.19. The van der Waals surface area contributed by atoms with E-state index in [0.29, 0.717) is 17.4 Å². The number of hydrogen-bond acceptors (Lipinski definition) is 2. The molecule has 0 aliphatic rings. The first kappa shape index (κ1) is 16.0. The summed E-state index contributed by atoms with van der Waals surface area (Å²) in [5.41, 5.74) is 0.997. The summed E-state index contributed by atoms with van der Waals surface area (Å²) in [5, 5.41) is 9.68. The molecule has 1 N–H and O–H groups in total. The van der Waals surface area contributed by atoms with Crippen molar-refractivity contribution in [3.63, 3.8) is 0 Å². The second-order valence-electron chi connectivity index (χ2n) is 5.10. The van der Waals surface area contributed by atoms with Crippen molar-refractivity contribution >= 4 is 48.7 Å². The van der Waals surface area contributed by atoms with E-state index < -0.39 is 11.4 Å². The Morgan fingerprint density at radius 2 is 1.83 bits per heavy atom. The molecule has 0 saturated carbocycles. The second-order valence-corrected chi connectivity index (χ2v) is 6.93. The van der Waals surface area contributed by atoms with Crippen LogP contribution in [0.5, 0.6) is 0 Å². The number of aromatic carboxylic acids is 1. The lowest BCUT2D eigenvalue weighted by Gasteiger charge is -2.13. The molecule has 23 heavy (non-hydrogen) atoms. The zero-order valence-electron chi connectivity index (χ0n) is 11.8. The maximum Gasteiger partial charge on any atom is 0.341 e. The number of halogens is 2. The van der Waals surface area contributed by atoms with E-state index in [1.54, 1.807) is 10.6 Å². The van der Waals surface area contributed by atoms with Gasteiger partial charge in [-0.05, 0) is 35.9 Å². The SMILES string of the molecule is O=C(O)c1cn(Cc2cccc(Br)c2)c2ccc(Br)cc2c1=O. The molecular formula is C17H11Br2NO3. The smallest absolute Gasteiger partial charge is 0.341 e. The first-order valence-electron chi connectivity index (χ1n) is 6.76. The molecule has 4 nitrogen and oxygen atoms in total. The van der Waals surface area contributed by atoms with E-state index in [2.05, 4.69) is 31.9 Å². The van der Waals surface area contributed by atoms with Crippen LogP contribution in [0.3, 0.4) is 0 Å². The molecule has 3 aromatic rings. The Kier molecular flexibility index (Phi) is 4.37. The van der Waals surface area contributed by atoms with Crippen LogP contribution < -0.4 is 5.43 Å². The minimum Gasteiger partial charge on any atom is -0.477 e. The quantitative estimate of drug-likeness (QED) is 0.666. The number of carboxylic acids is 1. The number of rotatable bonds is 3. The molecule has 0 bridgehead atoms. The fourth-order valence-corrected chi connectivity index (χ4v) is 3.29. The van der Waals surface area contributed by atoms with E-state index in [9.17, 15) is 14.7 Å². The van der Waals surface area contributed by atoms with Crippen LogP contribution in [0.2, 0.25) is 0 Å². The monoisotopic (exact) mass is 435 g/mol. The van der Waals surface area contributed by atoms with Crippen LogP contribution in [-0.2, 0) is 6.54 Å². The highest BCUT2D eigenvalue weighted by atomic mass is 79.9. The molecule has 0 radical (unpaired) electrons. The molecule has 1 aromatic heterocycles. The van der Waals surface area contributed by atoms with Gasteiger partial charge in [-0.2, -0.15) is 0 Å². The van der Waals surface area contributed by atoms with Gasteiger partial charge in [-0.3, -0.25) is 4.79 Å². The molecule has 0 atom stereocenters. The van der Waals surface area contributed by atoms with Crippen molar-refractivity contribution in [2.45, 2.75) is 6.54 Å². The van der Waals surface area contributed by atoms with Gasteiger partial charge in [0, 0.05) is 27.1 Å². The highest BCUT2D eigenvalue weighted by Gasteiger charge is 2.15. The highest BCUT2D eigenvalue weighted by Crippen LogP contribution is 2.20. The first-order valence-corrected chi connectivity index (χ1v) is 8.35. The predicted molar refractivity (Wildman–Crippen MR) is 96.1 cm³/mol. The van der Waals surface area contributed by atoms with E-state index in [-0.39, 0.29) is 5.56 Å². The van der Waals surface area contributed by atoms with Gasteiger partial charge in [-0.25, -0.2) is 4.79 Å². The third-order valence-corrected chi connectivity index (χ3v) is 4.50. The topological polar surface area (TPSA) is 59.3 Å².